The van der Waals surface area contributed by atoms with E-state index >= 15 is 0 Å². The van der Waals surface area contributed by atoms with Gasteiger partial charge in [0.2, 0.25) is 0 Å². The van der Waals surface area contributed by atoms with E-state index in [9.17, 15) is 4.39 Å². The minimum absolute atomic E-state index is 0.232. The number of halogens is 1. The van der Waals surface area contributed by atoms with Gasteiger partial charge in [-0.05, 0) is 23.8 Å². The molecule has 4 rings (SSSR count). The Bertz CT molecular complexity index is 847. The third-order valence-corrected chi connectivity index (χ3v) is 4.05. The van der Waals surface area contributed by atoms with E-state index in [0.29, 0.717) is 18.8 Å². The van der Waals surface area contributed by atoms with E-state index in [2.05, 4.69) is 9.88 Å². The number of aromatic nitrogens is 2. The van der Waals surface area contributed by atoms with E-state index in [-0.39, 0.29) is 5.82 Å². The summed E-state index contributed by atoms with van der Waals surface area (Å²) in [6.07, 6.45) is 1.79. The first kappa shape index (κ1) is 14.1. The van der Waals surface area contributed by atoms with Crippen LogP contribution in [0.3, 0.4) is 0 Å². The average molecular weight is 309 g/mol. The molecule has 0 radical (unpaired) electrons. The van der Waals surface area contributed by atoms with Crippen molar-refractivity contribution in [3.8, 4) is 11.1 Å². The predicted molar refractivity (Wildman–Crippen MR) is 88.0 cm³/mol. The van der Waals surface area contributed by atoms with Gasteiger partial charge in [0.05, 0.1) is 30.4 Å². The normalized spacial score (nSPS) is 15.1. The Morgan fingerprint density at radius 1 is 1.00 bits per heavy atom. The minimum atomic E-state index is -0.232. The van der Waals surface area contributed by atoms with E-state index in [0.717, 1.165) is 35.5 Å². The fourth-order valence-electron chi connectivity index (χ4n) is 2.81. The number of ether oxygens (including phenoxy) is 1. The molecular weight excluding hydrogens is 293 g/mol. The van der Waals surface area contributed by atoms with Crippen LogP contribution < -0.4 is 4.90 Å². The average Bonchev–Trinajstić information content (AvgIpc) is 2.62. The van der Waals surface area contributed by atoms with Crippen molar-refractivity contribution < 1.29 is 9.13 Å². The van der Waals surface area contributed by atoms with Crippen molar-refractivity contribution in [2.24, 2.45) is 0 Å². The van der Waals surface area contributed by atoms with Gasteiger partial charge in [0, 0.05) is 18.7 Å². The summed E-state index contributed by atoms with van der Waals surface area (Å²) in [4.78, 5) is 11.3. The van der Waals surface area contributed by atoms with E-state index in [4.69, 9.17) is 9.72 Å². The number of benzene rings is 2. The van der Waals surface area contributed by atoms with Crippen molar-refractivity contribution in [2.75, 3.05) is 31.2 Å². The molecule has 0 aliphatic carbocycles. The van der Waals surface area contributed by atoms with Crippen molar-refractivity contribution in [2.45, 2.75) is 0 Å². The standard InChI is InChI=1S/C18H16FN3O/c19-15-4-2-1-3-14(15)13-5-6-16-17(11-13)21-18(12-20-16)22-7-9-23-10-8-22/h1-6,11-12H,7-10H2. The second-order valence-electron chi connectivity index (χ2n) is 5.51. The van der Waals surface area contributed by atoms with Crippen LogP contribution >= 0.6 is 0 Å². The third-order valence-electron chi connectivity index (χ3n) is 4.05. The zero-order valence-corrected chi connectivity index (χ0v) is 12.6. The molecule has 1 saturated heterocycles. The molecule has 0 amide bonds. The van der Waals surface area contributed by atoms with Gasteiger partial charge in [-0.3, -0.25) is 4.98 Å². The Hall–Kier alpha value is -2.53. The van der Waals surface area contributed by atoms with Gasteiger partial charge < -0.3 is 9.64 Å². The highest BCUT2D eigenvalue weighted by molar-refractivity contribution is 5.82. The lowest BCUT2D eigenvalue weighted by Crippen LogP contribution is -2.36. The van der Waals surface area contributed by atoms with E-state index < -0.39 is 0 Å². The minimum Gasteiger partial charge on any atom is -0.378 e. The summed E-state index contributed by atoms with van der Waals surface area (Å²) in [7, 11) is 0. The molecule has 0 bridgehead atoms. The zero-order valence-electron chi connectivity index (χ0n) is 12.6. The predicted octanol–water partition coefficient (Wildman–Crippen LogP) is 3.27. The maximum atomic E-state index is 14.0. The topological polar surface area (TPSA) is 38.2 Å². The maximum Gasteiger partial charge on any atom is 0.148 e. The van der Waals surface area contributed by atoms with Crippen LogP contribution in [0.25, 0.3) is 22.2 Å². The lowest BCUT2D eigenvalue weighted by molar-refractivity contribution is 0.122. The molecule has 4 nitrogen and oxygen atoms in total. The molecule has 0 N–H and O–H groups in total. The van der Waals surface area contributed by atoms with Gasteiger partial charge in [-0.2, -0.15) is 0 Å². The highest BCUT2D eigenvalue weighted by Crippen LogP contribution is 2.26. The molecule has 0 spiro atoms. The lowest BCUT2D eigenvalue weighted by Gasteiger charge is -2.27. The number of rotatable bonds is 2. The number of anilines is 1. The molecule has 3 aromatic rings. The first-order valence-corrected chi connectivity index (χ1v) is 7.66. The smallest absolute Gasteiger partial charge is 0.148 e. The molecule has 0 saturated carbocycles. The molecular formula is C18H16FN3O. The molecule has 2 heterocycles. The second-order valence-corrected chi connectivity index (χ2v) is 5.51. The van der Waals surface area contributed by atoms with Crippen LogP contribution in [0.5, 0.6) is 0 Å². The molecule has 1 aliphatic rings. The Labute approximate surface area is 133 Å². The first-order valence-electron chi connectivity index (χ1n) is 7.66. The number of morpholine rings is 1. The van der Waals surface area contributed by atoms with E-state index in [1.807, 2.05) is 24.3 Å². The summed E-state index contributed by atoms with van der Waals surface area (Å²) < 4.78 is 19.4. The molecule has 5 heteroatoms. The quantitative estimate of drug-likeness (QED) is 0.728. The Morgan fingerprint density at radius 2 is 1.83 bits per heavy atom. The number of hydrogen-bond donors (Lipinski definition) is 0. The first-order chi connectivity index (χ1) is 11.3. The van der Waals surface area contributed by atoms with Crippen LogP contribution in [0.2, 0.25) is 0 Å². The van der Waals surface area contributed by atoms with Gasteiger partial charge >= 0.3 is 0 Å². The molecule has 0 unspecified atom stereocenters. The number of fused-ring (bicyclic) bond motifs is 1. The number of hydrogen-bond acceptors (Lipinski definition) is 4. The molecule has 0 atom stereocenters. The summed E-state index contributed by atoms with van der Waals surface area (Å²) >= 11 is 0. The Balaban J connectivity index is 1.76. The maximum absolute atomic E-state index is 14.0. The summed E-state index contributed by atoms with van der Waals surface area (Å²) in [5, 5.41) is 0. The zero-order chi connectivity index (χ0) is 15.6. The molecule has 1 aromatic heterocycles. The molecule has 1 aliphatic heterocycles. The van der Waals surface area contributed by atoms with E-state index in [1.165, 1.54) is 6.07 Å². The van der Waals surface area contributed by atoms with Crippen LogP contribution in [0.4, 0.5) is 10.2 Å². The largest absolute Gasteiger partial charge is 0.378 e. The van der Waals surface area contributed by atoms with Crippen LogP contribution in [-0.2, 0) is 4.74 Å². The highest BCUT2D eigenvalue weighted by Gasteiger charge is 2.14. The van der Waals surface area contributed by atoms with Crippen molar-refractivity contribution >= 4 is 16.9 Å². The Morgan fingerprint density at radius 3 is 2.65 bits per heavy atom. The molecule has 23 heavy (non-hydrogen) atoms. The Kier molecular flexibility index (Phi) is 3.63. The molecule has 116 valence electrons. The summed E-state index contributed by atoms with van der Waals surface area (Å²) in [5.41, 5.74) is 2.97. The fourth-order valence-corrected chi connectivity index (χ4v) is 2.81. The third kappa shape index (κ3) is 2.75. The highest BCUT2D eigenvalue weighted by atomic mass is 19.1. The van der Waals surface area contributed by atoms with Gasteiger partial charge in [0.15, 0.2) is 0 Å². The van der Waals surface area contributed by atoms with Gasteiger partial charge in [0.1, 0.15) is 11.6 Å². The second kappa shape index (κ2) is 5.93. The molecule has 1 fully saturated rings. The lowest BCUT2D eigenvalue weighted by atomic mass is 10.0. The fraction of sp³-hybridized carbons (Fsp3) is 0.222. The van der Waals surface area contributed by atoms with Crippen molar-refractivity contribution in [1.82, 2.24) is 9.97 Å². The van der Waals surface area contributed by atoms with Gasteiger partial charge in [-0.15, -0.1) is 0 Å². The SMILES string of the molecule is Fc1ccccc1-c1ccc2ncc(N3CCOCC3)nc2c1. The summed E-state index contributed by atoms with van der Waals surface area (Å²) in [6.45, 7) is 3.03. The van der Waals surface area contributed by atoms with Crippen LogP contribution in [0.1, 0.15) is 0 Å². The van der Waals surface area contributed by atoms with Crippen LogP contribution in [0.15, 0.2) is 48.7 Å². The molecule has 2 aromatic carbocycles. The van der Waals surface area contributed by atoms with E-state index in [1.54, 1.807) is 18.3 Å². The number of nitrogens with zero attached hydrogens (tertiary/aromatic N) is 3. The summed E-state index contributed by atoms with van der Waals surface area (Å²) in [6, 6.07) is 12.4. The van der Waals surface area contributed by atoms with Gasteiger partial charge in [-0.1, -0.05) is 24.3 Å². The van der Waals surface area contributed by atoms with Gasteiger partial charge in [-0.25, -0.2) is 9.37 Å². The summed E-state index contributed by atoms with van der Waals surface area (Å²) in [5.74, 6) is 0.607. The monoisotopic (exact) mass is 309 g/mol. The van der Waals surface area contributed by atoms with Crippen molar-refractivity contribution in [3.63, 3.8) is 0 Å². The van der Waals surface area contributed by atoms with Crippen LogP contribution in [0, 0.1) is 5.82 Å². The van der Waals surface area contributed by atoms with Gasteiger partial charge in [0.25, 0.3) is 0 Å². The van der Waals surface area contributed by atoms with Crippen molar-refractivity contribution in [1.29, 1.82) is 0 Å². The van der Waals surface area contributed by atoms with Crippen LogP contribution in [-0.4, -0.2) is 36.3 Å². The van der Waals surface area contributed by atoms with Crippen molar-refractivity contribution in [3.05, 3.63) is 54.5 Å².